The second-order valence-electron chi connectivity index (χ2n) is 19.8. The van der Waals surface area contributed by atoms with E-state index in [0.29, 0.717) is 35.5 Å². The van der Waals surface area contributed by atoms with Crippen molar-refractivity contribution in [2.24, 2.45) is 0 Å². The van der Waals surface area contributed by atoms with Crippen molar-refractivity contribution in [1.29, 1.82) is 5.26 Å². The summed E-state index contributed by atoms with van der Waals surface area (Å²) in [5.74, 6) is -0.0627. The van der Waals surface area contributed by atoms with Crippen molar-refractivity contribution < 1.29 is 26.3 Å². The Morgan fingerprint density at radius 3 is 1.64 bits per heavy atom. The summed E-state index contributed by atoms with van der Waals surface area (Å²) in [5, 5.41) is 14.0. The summed E-state index contributed by atoms with van der Waals surface area (Å²) in [5.41, 5.74) is 13.6. The van der Waals surface area contributed by atoms with Crippen LogP contribution in [0.1, 0.15) is 86.2 Å². The third-order valence-corrected chi connectivity index (χ3v) is 14.8. The number of halogens is 6. The van der Waals surface area contributed by atoms with Gasteiger partial charge < -0.3 is 9.13 Å². The van der Waals surface area contributed by atoms with Crippen molar-refractivity contribution in [3.63, 3.8) is 0 Å². The molecule has 73 heavy (non-hydrogen) atoms. The second-order valence-corrected chi connectivity index (χ2v) is 19.8. The number of aryl methyl sites for hydroxylation is 6. The maximum atomic E-state index is 15.1. The minimum Gasteiger partial charge on any atom is -0.312 e. The Balaban J connectivity index is 1.26. The highest BCUT2D eigenvalue weighted by atomic mass is 19.4. The predicted octanol–water partition coefficient (Wildman–Crippen LogP) is 18.5. The summed E-state index contributed by atoms with van der Waals surface area (Å²) in [6.07, 6.45) is -7.31. The molecule has 1 atom stereocenters. The molecule has 2 aromatic heterocycles. The number of hydrogen-bond acceptors (Lipinski definition) is 1. The van der Waals surface area contributed by atoms with Gasteiger partial charge in [-0.25, -0.2) is 0 Å². The van der Waals surface area contributed by atoms with E-state index in [4.69, 9.17) is 0 Å². The van der Waals surface area contributed by atoms with Crippen molar-refractivity contribution >= 4 is 44.4 Å². The van der Waals surface area contributed by atoms with Crippen LogP contribution >= 0.6 is 0 Å². The van der Waals surface area contributed by atoms with E-state index in [9.17, 15) is 5.26 Å². The summed E-state index contributed by atoms with van der Waals surface area (Å²) >= 11 is 0. The Kier molecular flexibility index (Phi) is 11.2. The van der Waals surface area contributed by atoms with Gasteiger partial charge in [0.25, 0.3) is 0 Å². The molecule has 0 N–H and O–H groups in total. The molecular formula is C64H49F6N3. The third-order valence-electron chi connectivity index (χ3n) is 14.8. The number of para-hydroxylation sites is 2. The number of nitriles is 1. The molecule has 0 radical (unpaired) electrons. The number of alkyl halides is 6. The van der Waals surface area contributed by atoms with E-state index in [1.165, 1.54) is 40.0 Å². The average Bonchev–Trinajstić information content (AvgIpc) is 3.85. The van der Waals surface area contributed by atoms with Crippen LogP contribution in [0.3, 0.4) is 0 Å². The van der Waals surface area contributed by atoms with Gasteiger partial charge in [-0.15, -0.1) is 0 Å². The smallest absolute Gasteiger partial charge is 0.312 e. The molecule has 362 valence electrons. The van der Waals surface area contributed by atoms with Gasteiger partial charge in [0.2, 0.25) is 0 Å². The minimum atomic E-state index is -5.13. The van der Waals surface area contributed by atoms with E-state index < -0.39 is 29.0 Å². The fraction of sp³-hybridized carbons (Fsp3) is 0.172. The van der Waals surface area contributed by atoms with Crippen LogP contribution in [0, 0.1) is 52.9 Å². The van der Waals surface area contributed by atoms with Gasteiger partial charge in [-0.05, 0) is 165 Å². The van der Waals surface area contributed by atoms with Gasteiger partial charge in [0.1, 0.15) is 0 Å². The van der Waals surface area contributed by atoms with Gasteiger partial charge >= 0.3 is 12.4 Å². The zero-order chi connectivity index (χ0) is 51.4. The molecule has 0 aliphatic heterocycles. The largest absolute Gasteiger partial charge is 0.417 e. The predicted molar refractivity (Wildman–Crippen MR) is 284 cm³/mol. The zero-order valence-corrected chi connectivity index (χ0v) is 41.3. The first-order valence-electron chi connectivity index (χ1n) is 24.3. The molecule has 0 bridgehead atoms. The molecule has 3 nitrogen and oxygen atoms in total. The van der Waals surface area contributed by atoms with Gasteiger partial charge in [0, 0.05) is 50.0 Å². The topological polar surface area (TPSA) is 33.6 Å². The Labute approximate surface area is 419 Å². The normalized spacial score (nSPS) is 14.0. The van der Waals surface area contributed by atoms with Gasteiger partial charge in [-0.2, -0.15) is 31.6 Å². The van der Waals surface area contributed by atoms with Gasteiger partial charge in [0.05, 0.1) is 50.7 Å². The lowest BCUT2D eigenvalue weighted by Gasteiger charge is -2.27. The molecular weight excluding hydrogens is 925 g/mol. The van der Waals surface area contributed by atoms with E-state index in [0.717, 1.165) is 77.8 Å². The number of hydrogen-bond donors (Lipinski definition) is 0. The molecule has 11 rings (SSSR count). The fourth-order valence-corrected chi connectivity index (χ4v) is 12.3. The Morgan fingerprint density at radius 1 is 0.493 bits per heavy atom. The molecule has 1 aliphatic carbocycles. The lowest BCUT2D eigenvalue weighted by atomic mass is 9.81. The minimum absolute atomic E-state index is 0.0627. The van der Waals surface area contributed by atoms with Crippen molar-refractivity contribution in [1.82, 2.24) is 9.13 Å². The SMILES string of the molecule is Cc1cc(C)c(C2=Cc3c(n(-c4cccc(C#N)c4-c4cc(-c5c(C(F)(F)F)cccc5C(F)(F)F)ccc4-n4c5ccccc5c5cc(-c6c(C)cc(C)cc6C)ccc54)c4ccccc34)C(C)C2)c(C)c1. The molecule has 1 unspecified atom stereocenters. The summed E-state index contributed by atoms with van der Waals surface area (Å²) in [6, 6.07) is 45.1. The number of aromatic nitrogens is 2. The molecule has 0 fully saturated rings. The van der Waals surface area contributed by atoms with Crippen LogP contribution in [-0.2, 0) is 12.4 Å². The highest BCUT2D eigenvalue weighted by Crippen LogP contribution is 2.51. The van der Waals surface area contributed by atoms with Crippen molar-refractivity contribution in [3.8, 4) is 50.8 Å². The molecule has 0 saturated heterocycles. The van der Waals surface area contributed by atoms with Gasteiger partial charge in [-0.3, -0.25) is 0 Å². The first-order chi connectivity index (χ1) is 34.8. The molecule has 1 aliphatic rings. The highest BCUT2D eigenvalue weighted by Gasteiger charge is 2.41. The lowest BCUT2D eigenvalue weighted by molar-refractivity contribution is -0.142. The number of nitrogens with zero attached hydrogens (tertiary/aromatic N) is 3. The standard InChI is InChI=1S/C64H49F6N3/c1-35-26-37(3)58(38(4)27-35)42-22-24-55-48(31-42)46-15-8-10-19-53(46)72(55)56-25-23-43(61-51(63(65,66)67)17-13-18-52(61)64(68,69)70)32-50(56)60-44(34-71)14-12-21-57(60)73-54-20-11-9-16-47(54)49-33-45(30-41(7)62(49)73)59-39(5)28-36(2)29-40(59)6/h8-29,31-33,41H,30H2,1-7H3. The quantitative estimate of drug-likeness (QED) is 0.153. The molecule has 0 amide bonds. The first kappa shape index (κ1) is 47.2. The summed E-state index contributed by atoms with van der Waals surface area (Å²) in [7, 11) is 0. The highest BCUT2D eigenvalue weighted by molar-refractivity contribution is 6.11. The molecule has 0 spiro atoms. The van der Waals surface area contributed by atoms with E-state index in [-0.39, 0.29) is 22.6 Å². The Morgan fingerprint density at radius 2 is 1.03 bits per heavy atom. The van der Waals surface area contributed by atoms with Crippen LogP contribution in [0.2, 0.25) is 0 Å². The van der Waals surface area contributed by atoms with Crippen LogP contribution in [-0.4, -0.2) is 9.13 Å². The lowest BCUT2D eigenvalue weighted by Crippen LogP contribution is -2.14. The Bertz CT molecular complexity index is 3940. The van der Waals surface area contributed by atoms with Crippen molar-refractivity contribution in [2.45, 2.75) is 73.2 Å². The fourth-order valence-electron chi connectivity index (χ4n) is 12.3. The maximum absolute atomic E-state index is 15.1. The van der Waals surface area contributed by atoms with Crippen LogP contribution in [0.25, 0.3) is 89.1 Å². The number of benzene rings is 8. The average molecular weight is 974 g/mol. The molecule has 2 heterocycles. The third kappa shape index (κ3) is 7.74. The number of fused-ring (bicyclic) bond motifs is 6. The van der Waals surface area contributed by atoms with Crippen LogP contribution < -0.4 is 0 Å². The summed E-state index contributed by atoms with van der Waals surface area (Å²) < 4.78 is 94.7. The number of allylic oxidation sites excluding steroid dienone is 1. The van der Waals surface area contributed by atoms with Crippen LogP contribution in [0.15, 0.2) is 146 Å². The van der Waals surface area contributed by atoms with Crippen LogP contribution in [0.4, 0.5) is 26.3 Å². The van der Waals surface area contributed by atoms with Crippen LogP contribution in [0.5, 0.6) is 0 Å². The molecule has 9 heteroatoms. The zero-order valence-electron chi connectivity index (χ0n) is 41.3. The maximum Gasteiger partial charge on any atom is 0.417 e. The first-order valence-corrected chi connectivity index (χ1v) is 24.3. The van der Waals surface area contributed by atoms with E-state index >= 15 is 26.3 Å². The van der Waals surface area contributed by atoms with E-state index in [2.05, 4.69) is 108 Å². The Hall–Kier alpha value is -8.09. The van der Waals surface area contributed by atoms with E-state index in [1.54, 1.807) is 18.2 Å². The molecule has 10 aromatic rings. The molecule has 0 saturated carbocycles. The molecule has 8 aromatic carbocycles. The van der Waals surface area contributed by atoms with Crippen molar-refractivity contribution in [2.75, 3.05) is 0 Å². The second kappa shape index (κ2) is 17.3. The van der Waals surface area contributed by atoms with Gasteiger partial charge in [0.15, 0.2) is 0 Å². The van der Waals surface area contributed by atoms with Crippen molar-refractivity contribution in [3.05, 3.63) is 212 Å². The summed E-state index contributed by atoms with van der Waals surface area (Å²) in [6.45, 7) is 14.8. The number of rotatable bonds is 6. The van der Waals surface area contributed by atoms with E-state index in [1.807, 2.05) is 59.2 Å². The monoisotopic (exact) mass is 973 g/mol. The van der Waals surface area contributed by atoms with Gasteiger partial charge in [-0.1, -0.05) is 103 Å². The summed E-state index contributed by atoms with van der Waals surface area (Å²) in [4.78, 5) is 0.